The maximum atomic E-state index is 13.6. The number of nitrogens with zero attached hydrogens (tertiary/aromatic N) is 4. The van der Waals surface area contributed by atoms with Gasteiger partial charge < -0.3 is 9.64 Å². The fraction of sp³-hybridized carbons (Fsp3) is 0.440. The first kappa shape index (κ1) is 30.0. The lowest BCUT2D eigenvalue weighted by atomic mass is 10.2. The molecule has 0 aliphatic heterocycles. The van der Waals surface area contributed by atoms with E-state index in [0.29, 0.717) is 36.1 Å². The van der Waals surface area contributed by atoms with Gasteiger partial charge in [-0.2, -0.15) is 0 Å². The first-order valence-electron chi connectivity index (χ1n) is 11.6. The molecule has 1 heterocycles. The van der Waals surface area contributed by atoms with Crippen molar-refractivity contribution in [3.05, 3.63) is 47.5 Å². The van der Waals surface area contributed by atoms with Gasteiger partial charge in [0.25, 0.3) is 5.91 Å². The van der Waals surface area contributed by atoms with Gasteiger partial charge in [0.15, 0.2) is 5.13 Å². The highest BCUT2D eigenvalue weighted by Gasteiger charge is 2.25. The Kier molecular flexibility index (Phi) is 10.7. The molecule has 0 unspecified atom stereocenters. The molecule has 8 nitrogen and oxygen atoms in total. The quantitative estimate of drug-likeness (QED) is 0.343. The van der Waals surface area contributed by atoms with Gasteiger partial charge in [-0.3, -0.25) is 9.69 Å². The van der Waals surface area contributed by atoms with Crippen molar-refractivity contribution < 1.29 is 17.9 Å². The predicted octanol–water partition coefficient (Wildman–Crippen LogP) is 4.66. The minimum atomic E-state index is -3.60. The maximum Gasteiger partial charge on any atom is 0.260 e. The predicted molar refractivity (Wildman–Crippen MR) is 150 cm³/mol. The highest BCUT2D eigenvalue weighted by atomic mass is 35.5. The first-order valence-corrected chi connectivity index (χ1v) is 13.8. The summed E-state index contributed by atoms with van der Waals surface area (Å²) >= 11 is 1.45. The number of fused-ring (bicyclic) bond motifs is 1. The molecule has 198 valence electrons. The maximum absolute atomic E-state index is 13.6. The van der Waals surface area contributed by atoms with Crippen LogP contribution in [0.1, 0.15) is 35.7 Å². The van der Waals surface area contributed by atoms with Crippen LogP contribution >= 0.6 is 23.7 Å². The molecular weight excluding hydrogens is 520 g/mol. The molecule has 0 saturated carbocycles. The number of halogens is 1. The summed E-state index contributed by atoms with van der Waals surface area (Å²) in [6.07, 6.45) is 1.70. The molecule has 3 aromatic rings. The summed E-state index contributed by atoms with van der Waals surface area (Å²) in [4.78, 5) is 22.2. The van der Waals surface area contributed by atoms with E-state index in [1.807, 2.05) is 45.0 Å². The number of carbonyl (C=O) groups excluding carboxylic acids is 1. The number of aryl methyl sites for hydroxylation is 1. The molecule has 2 aromatic carbocycles. The number of rotatable bonds is 11. The van der Waals surface area contributed by atoms with E-state index in [1.165, 1.54) is 27.8 Å². The van der Waals surface area contributed by atoms with Crippen LogP contribution in [0.5, 0.6) is 5.75 Å². The monoisotopic (exact) mass is 554 g/mol. The van der Waals surface area contributed by atoms with Crippen LogP contribution in [0, 0.1) is 6.92 Å². The molecule has 0 radical (unpaired) electrons. The molecule has 36 heavy (non-hydrogen) atoms. The van der Waals surface area contributed by atoms with Crippen LogP contribution in [0.25, 0.3) is 10.2 Å². The van der Waals surface area contributed by atoms with Gasteiger partial charge in [-0.1, -0.05) is 30.7 Å². The zero-order chi connectivity index (χ0) is 25.8. The van der Waals surface area contributed by atoms with Gasteiger partial charge >= 0.3 is 0 Å². The lowest BCUT2D eigenvalue weighted by Crippen LogP contribution is -2.36. The van der Waals surface area contributed by atoms with Crippen molar-refractivity contribution in [1.29, 1.82) is 0 Å². The number of anilines is 1. The number of unbranched alkanes of at least 4 members (excludes halogenated alkanes) is 1. The van der Waals surface area contributed by atoms with Crippen molar-refractivity contribution in [2.24, 2.45) is 0 Å². The molecule has 0 aliphatic carbocycles. The smallest absolute Gasteiger partial charge is 0.260 e. The number of ether oxygens (including phenoxy) is 1. The van der Waals surface area contributed by atoms with Crippen molar-refractivity contribution in [3.63, 3.8) is 0 Å². The minimum absolute atomic E-state index is 0. The largest absolute Gasteiger partial charge is 0.494 e. The second-order valence-electron chi connectivity index (χ2n) is 8.72. The Morgan fingerprint density at radius 3 is 2.28 bits per heavy atom. The van der Waals surface area contributed by atoms with Crippen LogP contribution in [-0.4, -0.2) is 76.4 Å². The topological polar surface area (TPSA) is 83.1 Å². The van der Waals surface area contributed by atoms with Crippen molar-refractivity contribution in [2.45, 2.75) is 31.6 Å². The number of thiazole rings is 1. The lowest BCUT2D eigenvalue weighted by Gasteiger charge is -2.22. The average molecular weight is 555 g/mol. The fourth-order valence-electron chi connectivity index (χ4n) is 3.57. The molecule has 1 aromatic heterocycles. The third kappa shape index (κ3) is 6.54. The lowest BCUT2D eigenvalue weighted by molar-refractivity contribution is 0.0985. The van der Waals surface area contributed by atoms with Crippen LogP contribution in [0.2, 0.25) is 0 Å². The van der Waals surface area contributed by atoms with E-state index in [9.17, 15) is 13.2 Å². The Balaban J connectivity index is 0.00000456. The number of methoxy groups -OCH3 is 1. The van der Waals surface area contributed by atoms with Gasteiger partial charge in [0.1, 0.15) is 11.3 Å². The molecule has 3 rings (SSSR count). The van der Waals surface area contributed by atoms with E-state index < -0.39 is 10.0 Å². The molecule has 0 atom stereocenters. The number of likely N-dealkylation sites (N-methyl/N-ethyl adjacent to an activating group) is 1. The summed E-state index contributed by atoms with van der Waals surface area (Å²) in [6.45, 7) is 5.57. The first-order chi connectivity index (χ1) is 16.6. The Labute approximate surface area is 224 Å². The minimum Gasteiger partial charge on any atom is -0.494 e. The van der Waals surface area contributed by atoms with Crippen molar-refractivity contribution >= 4 is 55.0 Å². The van der Waals surface area contributed by atoms with Crippen LogP contribution < -0.4 is 9.64 Å². The summed E-state index contributed by atoms with van der Waals surface area (Å²) in [7, 11) is 3.48. The van der Waals surface area contributed by atoms with Gasteiger partial charge in [0, 0.05) is 32.2 Å². The van der Waals surface area contributed by atoms with Crippen LogP contribution in [0.15, 0.2) is 41.3 Å². The Morgan fingerprint density at radius 1 is 1.03 bits per heavy atom. The number of sulfonamides is 1. The van der Waals surface area contributed by atoms with E-state index >= 15 is 0 Å². The van der Waals surface area contributed by atoms with E-state index in [4.69, 9.17) is 9.72 Å². The fourth-order valence-corrected chi connectivity index (χ4v) is 5.85. The average Bonchev–Trinajstić information content (AvgIpc) is 3.28. The van der Waals surface area contributed by atoms with Gasteiger partial charge in [0.2, 0.25) is 10.0 Å². The summed E-state index contributed by atoms with van der Waals surface area (Å²) in [6, 6.07) is 10.0. The molecule has 0 aliphatic rings. The zero-order valence-corrected chi connectivity index (χ0v) is 24.1. The van der Waals surface area contributed by atoms with Gasteiger partial charge in [-0.15, -0.1) is 12.4 Å². The van der Waals surface area contributed by atoms with Crippen molar-refractivity contribution in [2.75, 3.05) is 52.8 Å². The van der Waals surface area contributed by atoms with Gasteiger partial charge in [-0.05, 0) is 63.3 Å². The number of aromatic nitrogens is 1. The third-order valence-electron chi connectivity index (χ3n) is 5.79. The highest BCUT2D eigenvalue weighted by Crippen LogP contribution is 2.36. The second-order valence-corrected chi connectivity index (χ2v) is 11.7. The van der Waals surface area contributed by atoms with Crippen LogP contribution in [0.3, 0.4) is 0 Å². The third-order valence-corrected chi connectivity index (χ3v) is 8.88. The Bertz CT molecular complexity index is 1280. The highest BCUT2D eigenvalue weighted by molar-refractivity contribution is 7.89. The summed E-state index contributed by atoms with van der Waals surface area (Å²) < 4.78 is 33.5. The molecule has 0 spiro atoms. The molecule has 0 N–H and O–H groups in total. The molecule has 1 amide bonds. The number of hydrogen-bond acceptors (Lipinski definition) is 7. The molecular formula is C25H35ClN4O4S2. The number of amides is 1. The SMILES string of the molecule is CCCCN(C)S(=O)(=O)c1ccc(C(=O)N(CCN(C)C)c2nc3c(OC)ccc(C)c3s2)cc1.Cl. The Morgan fingerprint density at radius 2 is 1.69 bits per heavy atom. The molecule has 11 heteroatoms. The number of carbonyl (C=O) groups is 1. The van der Waals surface area contributed by atoms with Crippen LogP contribution in [-0.2, 0) is 10.0 Å². The van der Waals surface area contributed by atoms with E-state index in [2.05, 4.69) is 0 Å². The summed E-state index contributed by atoms with van der Waals surface area (Å²) in [5.41, 5.74) is 2.19. The molecule has 0 bridgehead atoms. The second kappa shape index (κ2) is 12.8. The zero-order valence-electron chi connectivity index (χ0n) is 21.6. The van der Waals surface area contributed by atoms with Gasteiger partial charge in [-0.25, -0.2) is 17.7 Å². The van der Waals surface area contributed by atoms with E-state index in [0.717, 1.165) is 28.6 Å². The Hall–Kier alpha value is -2.24. The number of benzene rings is 2. The number of hydrogen-bond donors (Lipinski definition) is 0. The summed E-state index contributed by atoms with van der Waals surface area (Å²) in [5, 5.41) is 0.579. The molecule has 0 saturated heterocycles. The standard InChI is InChI=1S/C25H34N4O4S2.ClH/c1-7-8-15-28(5)35(31,32)20-12-10-19(11-13-20)24(30)29(17-16-27(3)4)25-26-22-21(33-6)14-9-18(2)23(22)34-25;/h9-14H,7-8,15-17H2,1-6H3;1H. The van der Waals surface area contributed by atoms with Crippen molar-refractivity contribution in [3.8, 4) is 5.75 Å². The van der Waals surface area contributed by atoms with Gasteiger partial charge in [0.05, 0.1) is 16.7 Å². The van der Waals surface area contributed by atoms with E-state index in [1.54, 1.807) is 31.2 Å². The van der Waals surface area contributed by atoms with Crippen molar-refractivity contribution in [1.82, 2.24) is 14.2 Å². The van der Waals surface area contributed by atoms with E-state index in [-0.39, 0.29) is 23.2 Å². The van der Waals surface area contributed by atoms with Crippen LogP contribution in [0.4, 0.5) is 5.13 Å². The normalized spacial score (nSPS) is 11.7. The molecule has 0 fully saturated rings. The summed E-state index contributed by atoms with van der Waals surface area (Å²) in [5.74, 6) is 0.431.